The van der Waals surface area contributed by atoms with Gasteiger partial charge in [-0.15, -0.1) is 0 Å². The van der Waals surface area contributed by atoms with Crippen molar-refractivity contribution in [3.8, 4) is 0 Å². The number of hydrogen-bond acceptors (Lipinski definition) is 1. The highest BCUT2D eigenvalue weighted by Gasteiger charge is 2.61. The van der Waals surface area contributed by atoms with Crippen molar-refractivity contribution in [1.29, 1.82) is 0 Å². The van der Waals surface area contributed by atoms with Crippen molar-refractivity contribution in [1.82, 2.24) is 0 Å². The predicted octanol–water partition coefficient (Wildman–Crippen LogP) is 7.79. The Bertz CT molecular complexity index is 695. The van der Waals surface area contributed by atoms with E-state index in [0.717, 1.165) is 35.7 Å². The van der Waals surface area contributed by atoms with Crippen molar-refractivity contribution in [2.24, 2.45) is 52.3 Å². The summed E-state index contributed by atoms with van der Waals surface area (Å²) in [5, 5.41) is 0. The minimum Gasteiger partial charge on any atom is -0.295 e. The number of allylic oxidation sites excluding steroid dienone is 1. The van der Waals surface area contributed by atoms with Gasteiger partial charge in [0.1, 0.15) is 6.17 Å². The van der Waals surface area contributed by atoms with E-state index in [4.69, 9.17) is 0 Å². The minimum atomic E-state index is -0.897. The number of carbonyl (C=O) groups is 1. The molecule has 30 heavy (non-hydrogen) atoms. The van der Waals surface area contributed by atoms with Gasteiger partial charge in [0.05, 0.1) is 0 Å². The number of rotatable bonds is 5. The highest BCUT2D eigenvalue weighted by Crippen LogP contribution is 2.68. The van der Waals surface area contributed by atoms with Crippen LogP contribution in [0.4, 0.5) is 4.39 Å². The van der Waals surface area contributed by atoms with E-state index in [-0.39, 0.29) is 11.2 Å². The van der Waals surface area contributed by atoms with E-state index in [9.17, 15) is 4.79 Å². The molecule has 0 aliphatic heterocycles. The molecule has 0 unspecified atom stereocenters. The summed E-state index contributed by atoms with van der Waals surface area (Å²) >= 11 is 0. The van der Waals surface area contributed by atoms with Crippen LogP contribution in [0.1, 0.15) is 99.3 Å². The Morgan fingerprint density at radius 1 is 1.03 bits per heavy atom. The largest absolute Gasteiger partial charge is 0.295 e. The maximum atomic E-state index is 15.4. The van der Waals surface area contributed by atoms with E-state index in [1.807, 2.05) is 0 Å². The summed E-state index contributed by atoms with van der Waals surface area (Å²) in [6.07, 6.45) is 10.8. The molecule has 0 aromatic heterocycles. The zero-order chi connectivity index (χ0) is 21.8. The lowest BCUT2D eigenvalue weighted by Gasteiger charge is -2.59. The first-order chi connectivity index (χ1) is 14.1. The molecule has 0 spiro atoms. The molecule has 0 heterocycles. The van der Waals surface area contributed by atoms with E-state index >= 15 is 4.39 Å². The van der Waals surface area contributed by atoms with Gasteiger partial charge < -0.3 is 0 Å². The number of fused-ring (bicyclic) bond motifs is 5. The molecule has 3 fully saturated rings. The van der Waals surface area contributed by atoms with Gasteiger partial charge in [0, 0.05) is 6.42 Å². The van der Waals surface area contributed by atoms with Gasteiger partial charge in [0.15, 0.2) is 5.78 Å². The number of alkyl halides is 1. The summed E-state index contributed by atoms with van der Waals surface area (Å²) in [6.45, 7) is 14.5. The van der Waals surface area contributed by atoms with Crippen molar-refractivity contribution in [3.63, 3.8) is 0 Å². The Morgan fingerprint density at radius 2 is 1.77 bits per heavy atom. The topological polar surface area (TPSA) is 17.1 Å². The van der Waals surface area contributed by atoms with E-state index in [2.05, 4.69) is 41.5 Å². The molecule has 2 heteroatoms. The summed E-state index contributed by atoms with van der Waals surface area (Å²) in [5.74, 6) is 5.08. The Morgan fingerprint density at radius 3 is 2.47 bits per heavy atom. The van der Waals surface area contributed by atoms with Crippen molar-refractivity contribution >= 4 is 5.78 Å². The van der Waals surface area contributed by atoms with E-state index in [1.54, 1.807) is 6.08 Å². The third-order valence-corrected chi connectivity index (χ3v) is 10.9. The standard InChI is InChI=1S/C28H45FO/c1-17(2)18(3)7-8-19(4)22-9-10-23-21-16-26(29)25-15-20(30)11-13-28(25,6)24(21)12-14-27(22,23)5/h15,17-19,21-24,26H,7-14,16H2,1-6H3/t18-,19-,21+,22-,23+,24+,26+,27-,28-/m1/s1. The van der Waals surface area contributed by atoms with E-state index in [1.165, 1.54) is 38.5 Å². The maximum Gasteiger partial charge on any atom is 0.155 e. The molecule has 3 saturated carbocycles. The van der Waals surface area contributed by atoms with Crippen LogP contribution in [0.15, 0.2) is 11.6 Å². The smallest absolute Gasteiger partial charge is 0.155 e. The van der Waals surface area contributed by atoms with Crippen LogP contribution in [-0.4, -0.2) is 12.0 Å². The lowest BCUT2D eigenvalue weighted by molar-refractivity contribution is -0.118. The number of halogens is 1. The van der Waals surface area contributed by atoms with Crippen molar-refractivity contribution < 1.29 is 9.18 Å². The van der Waals surface area contributed by atoms with Gasteiger partial charge in [-0.1, -0.05) is 54.4 Å². The molecule has 0 N–H and O–H groups in total. The van der Waals surface area contributed by atoms with Crippen molar-refractivity contribution in [2.45, 2.75) is 106 Å². The molecule has 0 radical (unpaired) electrons. The highest BCUT2D eigenvalue weighted by atomic mass is 19.1. The van der Waals surface area contributed by atoms with Crippen LogP contribution >= 0.6 is 0 Å². The molecular formula is C28H45FO. The second-order valence-corrected chi connectivity index (χ2v) is 12.6. The molecule has 0 bridgehead atoms. The molecule has 4 aliphatic rings. The van der Waals surface area contributed by atoms with Crippen LogP contribution in [0.3, 0.4) is 0 Å². The zero-order valence-electron chi connectivity index (χ0n) is 20.3. The Hall–Kier alpha value is -0.660. The first-order valence-electron chi connectivity index (χ1n) is 13.0. The number of ketones is 1. The fourth-order valence-electron chi connectivity index (χ4n) is 8.59. The summed E-state index contributed by atoms with van der Waals surface area (Å²) in [4.78, 5) is 12.0. The van der Waals surface area contributed by atoms with Crippen LogP contribution in [0.25, 0.3) is 0 Å². The van der Waals surface area contributed by atoms with Crippen LogP contribution in [0.2, 0.25) is 0 Å². The monoisotopic (exact) mass is 416 g/mol. The molecular weight excluding hydrogens is 371 g/mol. The third kappa shape index (κ3) is 3.53. The fraction of sp³-hybridized carbons (Fsp3) is 0.893. The normalized spacial score (nSPS) is 45.4. The molecule has 0 aromatic rings. The Labute approximate surface area is 184 Å². The summed E-state index contributed by atoms with van der Waals surface area (Å²) in [5.41, 5.74) is 1.17. The van der Waals surface area contributed by atoms with Gasteiger partial charge in [-0.25, -0.2) is 4.39 Å². The average Bonchev–Trinajstić information content (AvgIpc) is 3.04. The quantitative estimate of drug-likeness (QED) is 0.447. The first-order valence-corrected chi connectivity index (χ1v) is 13.0. The minimum absolute atomic E-state index is 0.0754. The maximum absolute atomic E-state index is 15.4. The lowest BCUT2D eigenvalue weighted by Crippen LogP contribution is -2.53. The van der Waals surface area contributed by atoms with Gasteiger partial charge in [0.2, 0.25) is 0 Å². The van der Waals surface area contributed by atoms with Crippen LogP contribution in [0, 0.1) is 52.3 Å². The number of hydrogen-bond donors (Lipinski definition) is 0. The lowest BCUT2D eigenvalue weighted by atomic mass is 9.46. The van der Waals surface area contributed by atoms with E-state index in [0.29, 0.717) is 36.0 Å². The SMILES string of the molecule is CC(C)[C@H](C)CC[C@@H](C)[C@H]1CC[C@H]2[C@@H]3C[C@H](F)C4=CC(=O)CC[C@]4(C)[C@H]3CC[C@]12C. The average molecular weight is 417 g/mol. The molecule has 0 saturated heterocycles. The third-order valence-electron chi connectivity index (χ3n) is 10.9. The van der Waals surface area contributed by atoms with Gasteiger partial charge in [0.25, 0.3) is 0 Å². The summed E-state index contributed by atoms with van der Waals surface area (Å²) in [6, 6.07) is 0. The molecule has 0 amide bonds. The summed E-state index contributed by atoms with van der Waals surface area (Å²) < 4.78 is 15.4. The van der Waals surface area contributed by atoms with Crippen molar-refractivity contribution in [2.75, 3.05) is 0 Å². The molecule has 9 atom stereocenters. The van der Waals surface area contributed by atoms with Gasteiger partial charge in [-0.05, 0) is 102 Å². The van der Waals surface area contributed by atoms with Gasteiger partial charge in [-0.3, -0.25) is 4.79 Å². The summed E-state index contributed by atoms with van der Waals surface area (Å²) in [7, 11) is 0. The second-order valence-electron chi connectivity index (χ2n) is 12.6. The molecule has 1 nitrogen and oxygen atoms in total. The molecule has 4 aliphatic carbocycles. The van der Waals surface area contributed by atoms with E-state index < -0.39 is 6.17 Å². The Balaban J connectivity index is 1.52. The molecule has 0 aromatic carbocycles. The van der Waals surface area contributed by atoms with Crippen LogP contribution in [0.5, 0.6) is 0 Å². The fourth-order valence-corrected chi connectivity index (χ4v) is 8.59. The highest BCUT2D eigenvalue weighted by molar-refractivity contribution is 5.91. The van der Waals surface area contributed by atoms with Crippen LogP contribution in [-0.2, 0) is 4.79 Å². The number of carbonyl (C=O) groups excluding carboxylic acids is 1. The van der Waals surface area contributed by atoms with Crippen molar-refractivity contribution in [3.05, 3.63) is 11.6 Å². The van der Waals surface area contributed by atoms with Gasteiger partial charge in [-0.2, -0.15) is 0 Å². The predicted molar refractivity (Wildman–Crippen MR) is 123 cm³/mol. The Kier molecular flexibility index (Phi) is 6.04. The molecule has 170 valence electrons. The van der Waals surface area contributed by atoms with Crippen LogP contribution < -0.4 is 0 Å². The second kappa shape index (κ2) is 8.04. The molecule has 4 rings (SSSR count). The first kappa shape index (κ1) is 22.5. The van der Waals surface area contributed by atoms with Gasteiger partial charge >= 0.3 is 0 Å². The zero-order valence-corrected chi connectivity index (χ0v) is 20.3.